The van der Waals surface area contributed by atoms with Crippen LogP contribution in [0.25, 0.3) is 0 Å². The van der Waals surface area contributed by atoms with Gasteiger partial charge in [-0.15, -0.1) is 0 Å². The Balaban J connectivity index is 1.18. The van der Waals surface area contributed by atoms with E-state index in [0.29, 0.717) is 40.9 Å². The Morgan fingerprint density at radius 1 is 1.02 bits per heavy atom. The van der Waals surface area contributed by atoms with Crippen LogP contribution in [0.5, 0.6) is 5.75 Å². The highest BCUT2D eigenvalue weighted by Crippen LogP contribution is 2.69. The van der Waals surface area contributed by atoms with Gasteiger partial charge in [0.1, 0.15) is 5.75 Å². The summed E-state index contributed by atoms with van der Waals surface area (Å²) < 4.78 is 32.4. The third kappa shape index (κ3) is 5.64. The van der Waals surface area contributed by atoms with Gasteiger partial charge in [0.2, 0.25) is 0 Å². The van der Waals surface area contributed by atoms with Crippen LogP contribution in [0.1, 0.15) is 91.9 Å². The van der Waals surface area contributed by atoms with E-state index in [-0.39, 0.29) is 11.0 Å². The molecule has 4 fully saturated rings. The molecule has 1 aromatic rings. The maximum Gasteiger partial charge on any atom is 0.328 e. The molecule has 0 saturated heterocycles. The molecule has 230 valence electrons. The number of hydrogen-bond donors (Lipinski definition) is 3. The number of ether oxygens (including phenoxy) is 1. The second kappa shape index (κ2) is 11.7. The summed E-state index contributed by atoms with van der Waals surface area (Å²) in [7, 11) is -2.43. The number of hydrogen-bond acceptors (Lipinski definition) is 5. The number of nitrogens with one attached hydrogen (secondary N) is 2. The second-order valence-electron chi connectivity index (χ2n) is 14.4. The van der Waals surface area contributed by atoms with E-state index < -0.39 is 16.1 Å². The number of methoxy groups -OCH3 is 1. The van der Waals surface area contributed by atoms with Crippen molar-refractivity contribution in [3.05, 3.63) is 24.3 Å². The van der Waals surface area contributed by atoms with Crippen molar-refractivity contribution in [3.8, 4) is 5.75 Å². The van der Waals surface area contributed by atoms with Gasteiger partial charge in [-0.25, -0.2) is 17.9 Å². The van der Waals surface area contributed by atoms with E-state index in [2.05, 4.69) is 37.7 Å². The van der Waals surface area contributed by atoms with Gasteiger partial charge >= 0.3 is 6.03 Å². The number of fused-ring (bicyclic) bond motifs is 5. The number of aliphatic hydroxyl groups is 1. The average Bonchev–Trinajstić information content (AvgIpc) is 3.30. The highest BCUT2D eigenvalue weighted by Gasteiger charge is 2.62. The number of carbonyl (C=O) groups excluding carboxylic acids is 1. The van der Waals surface area contributed by atoms with Gasteiger partial charge in [-0.1, -0.05) is 34.1 Å². The molecule has 0 aromatic heterocycles. The second-order valence-corrected chi connectivity index (χ2v) is 16.0. The van der Waals surface area contributed by atoms with Gasteiger partial charge < -0.3 is 15.2 Å². The van der Waals surface area contributed by atoms with Crippen LogP contribution in [0.2, 0.25) is 0 Å². The summed E-state index contributed by atoms with van der Waals surface area (Å²) in [6.07, 6.45) is 11.6. The van der Waals surface area contributed by atoms with Gasteiger partial charge in [-0.3, -0.25) is 0 Å². The maximum atomic E-state index is 12.6. The lowest BCUT2D eigenvalue weighted by atomic mass is 9.42. The Bertz CT molecular complexity index is 1190. The van der Waals surface area contributed by atoms with Crippen LogP contribution in [0.3, 0.4) is 0 Å². The lowest BCUT2D eigenvalue weighted by Gasteiger charge is -2.63. The average molecular weight is 589 g/mol. The highest BCUT2D eigenvalue weighted by atomic mass is 32.2. The van der Waals surface area contributed by atoms with E-state index in [1.165, 1.54) is 64.2 Å². The zero-order valence-corrected chi connectivity index (χ0v) is 26.5. The molecule has 1 aromatic carbocycles. The topological polar surface area (TPSA) is 105 Å². The number of rotatable bonds is 8. The number of carbonyl (C=O) groups is 1. The van der Waals surface area contributed by atoms with Crippen LogP contribution in [-0.2, 0) is 10.0 Å². The minimum atomic E-state index is -3.94. The minimum Gasteiger partial charge on any atom is -0.497 e. The molecule has 3 N–H and O–H groups in total. The molecule has 2 amide bonds. The summed E-state index contributed by atoms with van der Waals surface area (Å²) in [6, 6.07) is 5.29. The van der Waals surface area contributed by atoms with E-state index in [4.69, 9.17) is 4.74 Å². The van der Waals surface area contributed by atoms with Gasteiger partial charge in [-0.2, -0.15) is 0 Å². The van der Waals surface area contributed by atoms with E-state index in [0.717, 1.165) is 42.9 Å². The van der Waals surface area contributed by atoms with Crippen LogP contribution in [0, 0.1) is 52.3 Å². The Labute approximate surface area is 247 Å². The summed E-state index contributed by atoms with van der Waals surface area (Å²) >= 11 is 0. The Hall–Kier alpha value is -1.80. The molecule has 4 aliphatic carbocycles. The fourth-order valence-corrected chi connectivity index (χ4v) is 11.4. The van der Waals surface area contributed by atoms with Crippen LogP contribution in [0.15, 0.2) is 29.2 Å². The third-order valence-corrected chi connectivity index (χ3v) is 13.9. The standard InChI is InChI=1S/C33H52N2O5S/c1-6-22-19-26-28-12-11-27(32(28,3)17-14-29(26)33(4)16-13-23(36)20-30(22)33)21(2)15-18-34-31(37)35-41(38,39)25-9-7-24(40-5)8-10-25/h7-10,21-23,26-30,36H,6,11-20H2,1-5H3,(H2,34,35,37)/t21-,22+,23-,26+,27-,28+,29+,30+,32-,33-/m1/s1. The normalized spacial score (nSPS) is 39.1. The molecule has 10 atom stereocenters. The molecule has 0 radical (unpaired) electrons. The first-order valence-electron chi connectivity index (χ1n) is 16.1. The van der Waals surface area contributed by atoms with Crippen molar-refractivity contribution in [3.63, 3.8) is 0 Å². The molecular formula is C33H52N2O5S. The quantitative estimate of drug-likeness (QED) is 0.328. The number of sulfonamides is 1. The maximum absolute atomic E-state index is 12.6. The number of aliphatic hydroxyl groups excluding tert-OH is 1. The fourth-order valence-electron chi connectivity index (χ4n) is 10.5. The molecule has 5 rings (SSSR count). The predicted molar refractivity (Wildman–Crippen MR) is 161 cm³/mol. The zero-order valence-electron chi connectivity index (χ0n) is 25.7. The highest BCUT2D eigenvalue weighted by molar-refractivity contribution is 7.90. The van der Waals surface area contributed by atoms with Gasteiger partial charge in [0.15, 0.2) is 0 Å². The summed E-state index contributed by atoms with van der Waals surface area (Å²) in [6.45, 7) is 10.3. The zero-order chi connectivity index (χ0) is 29.6. The predicted octanol–water partition coefficient (Wildman–Crippen LogP) is 6.37. The first kappa shape index (κ1) is 30.7. The van der Waals surface area contributed by atoms with Crippen LogP contribution in [0.4, 0.5) is 4.79 Å². The first-order valence-corrected chi connectivity index (χ1v) is 17.5. The van der Waals surface area contributed by atoms with Gasteiger partial charge in [-0.05, 0) is 134 Å². The lowest BCUT2D eigenvalue weighted by Crippen LogP contribution is -2.56. The van der Waals surface area contributed by atoms with Crippen molar-refractivity contribution >= 4 is 16.1 Å². The minimum absolute atomic E-state index is 0.0277. The van der Waals surface area contributed by atoms with E-state index in [1.54, 1.807) is 12.1 Å². The molecule has 41 heavy (non-hydrogen) atoms. The summed E-state index contributed by atoms with van der Waals surface area (Å²) in [5.41, 5.74) is 0.702. The summed E-state index contributed by atoms with van der Waals surface area (Å²) in [5.74, 6) is 5.37. The first-order chi connectivity index (χ1) is 19.4. The molecule has 4 aliphatic rings. The summed E-state index contributed by atoms with van der Waals surface area (Å²) in [5, 5.41) is 13.3. The molecular weight excluding hydrogens is 536 g/mol. The molecule has 0 bridgehead atoms. The molecule has 7 nitrogen and oxygen atoms in total. The van der Waals surface area contributed by atoms with Crippen molar-refractivity contribution in [2.45, 2.75) is 103 Å². The number of amides is 2. The molecule has 8 heteroatoms. The molecule has 0 spiro atoms. The SMILES string of the molecule is CC[C@H]1C[C@@H]2[C@H](CC[C@]3(C)[C@@H]([C@H](C)CCNC(=O)NS(=O)(=O)c4ccc(OC)cc4)CC[C@@H]23)[C@@]2(C)CC[C@@H](O)C[C@@H]12. The third-order valence-electron chi connectivity index (χ3n) is 12.6. The van der Waals surface area contributed by atoms with Crippen molar-refractivity contribution in [1.29, 1.82) is 0 Å². The van der Waals surface area contributed by atoms with Crippen LogP contribution < -0.4 is 14.8 Å². The van der Waals surface area contributed by atoms with Gasteiger partial charge in [0, 0.05) is 6.54 Å². The summed E-state index contributed by atoms with van der Waals surface area (Å²) in [4.78, 5) is 12.5. The monoisotopic (exact) mass is 588 g/mol. The molecule has 0 unspecified atom stereocenters. The fraction of sp³-hybridized carbons (Fsp3) is 0.788. The Kier molecular flexibility index (Phi) is 8.75. The van der Waals surface area contributed by atoms with Crippen molar-refractivity contribution in [1.82, 2.24) is 10.0 Å². The largest absolute Gasteiger partial charge is 0.497 e. The molecule has 0 aliphatic heterocycles. The van der Waals surface area contributed by atoms with E-state index in [9.17, 15) is 18.3 Å². The lowest BCUT2D eigenvalue weighted by molar-refractivity contribution is -0.152. The van der Waals surface area contributed by atoms with Gasteiger partial charge in [0.05, 0.1) is 18.1 Å². The van der Waals surface area contributed by atoms with E-state index in [1.807, 2.05) is 0 Å². The van der Waals surface area contributed by atoms with Crippen molar-refractivity contribution < 1.29 is 23.1 Å². The van der Waals surface area contributed by atoms with Gasteiger partial charge in [0.25, 0.3) is 10.0 Å². The van der Waals surface area contributed by atoms with Crippen LogP contribution in [-0.4, -0.2) is 39.3 Å². The molecule has 4 saturated carbocycles. The smallest absolute Gasteiger partial charge is 0.328 e. The van der Waals surface area contributed by atoms with E-state index >= 15 is 0 Å². The Morgan fingerprint density at radius 2 is 1.71 bits per heavy atom. The number of benzene rings is 1. The Morgan fingerprint density at radius 3 is 2.39 bits per heavy atom. The van der Waals surface area contributed by atoms with Crippen LogP contribution >= 0.6 is 0 Å². The van der Waals surface area contributed by atoms with Crippen molar-refractivity contribution in [2.24, 2.45) is 52.3 Å². The molecule has 0 heterocycles. The number of urea groups is 1. The van der Waals surface area contributed by atoms with Crippen molar-refractivity contribution in [2.75, 3.05) is 13.7 Å².